The first-order valence-electron chi connectivity index (χ1n) is 12.9. The van der Waals surface area contributed by atoms with Gasteiger partial charge in [0.15, 0.2) is 4.34 Å². The van der Waals surface area contributed by atoms with Crippen molar-refractivity contribution in [1.82, 2.24) is 15.2 Å². The molecule has 7 nitrogen and oxygen atoms in total. The van der Waals surface area contributed by atoms with Crippen LogP contribution in [0.2, 0.25) is 10.0 Å². The predicted molar refractivity (Wildman–Crippen MR) is 163 cm³/mol. The fourth-order valence-corrected chi connectivity index (χ4v) is 6.24. The van der Waals surface area contributed by atoms with Gasteiger partial charge in [0, 0.05) is 42.3 Å². The number of thiazole rings is 1. The molecule has 4 rings (SSSR count). The van der Waals surface area contributed by atoms with Gasteiger partial charge in [-0.05, 0) is 48.6 Å². The Balaban J connectivity index is 1.21. The second-order valence-electron chi connectivity index (χ2n) is 9.99. The maximum Gasteiger partial charge on any atom is 0.241 e. The van der Waals surface area contributed by atoms with Crippen molar-refractivity contribution in [2.45, 2.75) is 49.7 Å². The Morgan fingerprint density at radius 3 is 2.64 bits per heavy atom. The quantitative estimate of drug-likeness (QED) is 0.248. The van der Waals surface area contributed by atoms with E-state index in [1.807, 2.05) is 61.7 Å². The van der Waals surface area contributed by atoms with Crippen molar-refractivity contribution >= 4 is 63.8 Å². The molecule has 0 spiro atoms. The van der Waals surface area contributed by atoms with Gasteiger partial charge in [-0.25, -0.2) is 4.98 Å². The molecule has 1 saturated heterocycles. The number of halogens is 2. The van der Waals surface area contributed by atoms with E-state index in [-0.39, 0.29) is 23.8 Å². The van der Waals surface area contributed by atoms with Crippen molar-refractivity contribution in [3.05, 3.63) is 63.5 Å². The molecule has 1 fully saturated rings. The van der Waals surface area contributed by atoms with Gasteiger partial charge >= 0.3 is 0 Å². The lowest BCUT2D eigenvalue weighted by Gasteiger charge is -2.32. The van der Waals surface area contributed by atoms with Crippen molar-refractivity contribution in [3.63, 3.8) is 0 Å². The van der Waals surface area contributed by atoms with Crippen LogP contribution in [0.3, 0.4) is 0 Å². The summed E-state index contributed by atoms with van der Waals surface area (Å²) in [5.74, 6) is 0.182. The second-order valence-corrected chi connectivity index (χ2v) is 12.9. The van der Waals surface area contributed by atoms with E-state index in [1.165, 1.54) is 23.1 Å². The minimum atomic E-state index is -0.566. The number of amides is 2. The summed E-state index contributed by atoms with van der Waals surface area (Å²) in [6.07, 6.45) is 1.82. The summed E-state index contributed by atoms with van der Waals surface area (Å²) in [4.78, 5) is 32.0. The van der Waals surface area contributed by atoms with Gasteiger partial charge < -0.3 is 16.4 Å². The third kappa shape index (κ3) is 8.67. The summed E-state index contributed by atoms with van der Waals surface area (Å²) in [5, 5.41) is 9.15. The summed E-state index contributed by atoms with van der Waals surface area (Å²) in [5.41, 5.74) is 9.47. The van der Waals surface area contributed by atoms with Crippen molar-refractivity contribution in [2.75, 3.05) is 24.2 Å². The second kappa shape index (κ2) is 14.0. The van der Waals surface area contributed by atoms with Gasteiger partial charge in [-0.15, -0.1) is 11.3 Å². The van der Waals surface area contributed by atoms with E-state index < -0.39 is 6.04 Å². The maximum absolute atomic E-state index is 12.6. The molecule has 0 saturated carbocycles. The normalized spacial score (nSPS) is 15.3. The number of anilines is 1. The van der Waals surface area contributed by atoms with E-state index in [2.05, 4.69) is 20.5 Å². The van der Waals surface area contributed by atoms with Gasteiger partial charge in [0.05, 0.1) is 27.5 Å². The minimum Gasteiger partial charge on any atom is -0.353 e. The number of carbonyl (C=O) groups excluding carboxylic acids is 2. The highest BCUT2D eigenvalue weighted by molar-refractivity contribution is 8.01. The molecule has 4 N–H and O–H groups in total. The zero-order valence-corrected chi connectivity index (χ0v) is 25.1. The molecule has 11 heteroatoms. The molecule has 1 atom stereocenters. The Morgan fingerprint density at radius 2 is 1.92 bits per heavy atom. The predicted octanol–water partition coefficient (Wildman–Crippen LogP) is 5.91. The number of piperidine rings is 1. The molecule has 1 aliphatic rings. The van der Waals surface area contributed by atoms with Crippen molar-refractivity contribution < 1.29 is 9.59 Å². The molecular formula is C28H33Cl2N5O2S2. The van der Waals surface area contributed by atoms with Crippen LogP contribution < -0.4 is 16.4 Å². The largest absolute Gasteiger partial charge is 0.353 e. The molecule has 2 aromatic carbocycles. The van der Waals surface area contributed by atoms with Crippen LogP contribution in [-0.2, 0) is 16.1 Å². The number of hydrogen-bond donors (Lipinski definition) is 3. The molecule has 0 radical (unpaired) electrons. The van der Waals surface area contributed by atoms with E-state index in [0.717, 1.165) is 53.6 Å². The lowest BCUT2D eigenvalue weighted by Crippen LogP contribution is -2.44. The molecule has 1 aromatic heterocycles. The zero-order valence-electron chi connectivity index (χ0n) is 22.0. The molecule has 2 amide bonds. The van der Waals surface area contributed by atoms with E-state index in [9.17, 15) is 9.59 Å². The lowest BCUT2D eigenvalue weighted by atomic mass is 10.0. The molecule has 3 aromatic rings. The fourth-order valence-electron chi connectivity index (χ4n) is 4.27. The average molecular weight is 607 g/mol. The van der Waals surface area contributed by atoms with Crippen LogP contribution >= 0.6 is 46.3 Å². The summed E-state index contributed by atoms with van der Waals surface area (Å²) in [6.45, 7) is 6.48. The van der Waals surface area contributed by atoms with Crippen LogP contribution in [0.4, 0.5) is 5.69 Å². The summed E-state index contributed by atoms with van der Waals surface area (Å²) in [6, 6.07) is 12.9. The van der Waals surface area contributed by atoms with Crippen LogP contribution in [-0.4, -0.2) is 52.6 Å². The highest BCUT2D eigenvalue weighted by Gasteiger charge is 2.21. The highest BCUT2D eigenvalue weighted by Crippen LogP contribution is 2.30. The first kappa shape index (κ1) is 29.8. The van der Waals surface area contributed by atoms with Gasteiger partial charge in [0.2, 0.25) is 11.8 Å². The number of nitrogens with zero attached hydrogens (tertiary/aromatic N) is 2. The molecule has 1 unspecified atom stereocenters. The van der Waals surface area contributed by atoms with Crippen molar-refractivity contribution in [1.29, 1.82) is 0 Å². The number of nitrogens with one attached hydrogen (secondary N) is 2. The molecular weight excluding hydrogens is 573 g/mol. The van der Waals surface area contributed by atoms with Gasteiger partial charge in [-0.1, -0.05) is 67.0 Å². The molecule has 0 bridgehead atoms. The monoisotopic (exact) mass is 605 g/mol. The van der Waals surface area contributed by atoms with Crippen molar-refractivity contribution in [3.8, 4) is 11.3 Å². The fraction of sp³-hybridized carbons (Fsp3) is 0.393. The Hall–Kier alpha value is -2.14. The SMILES string of the molecule is CC(C)C(N)C(=O)Nc1cccc(-c2csc(SCC(=O)NC3CCN(Cc4ccc(Cl)c(Cl)c4)CC3)n2)c1. The van der Waals surface area contributed by atoms with E-state index >= 15 is 0 Å². The van der Waals surface area contributed by atoms with E-state index in [0.29, 0.717) is 21.5 Å². The average Bonchev–Trinajstić information content (AvgIpc) is 3.39. The Morgan fingerprint density at radius 1 is 1.15 bits per heavy atom. The number of aromatic nitrogens is 1. The van der Waals surface area contributed by atoms with Crippen LogP contribution in [0, 0.1) is 5.92 Å². The first-order valence-corrected chi connectivity index (χ1v) is 15.5. The molecule has 208 valence electrons. The van der Waals surface area contributed by atoms with Gasteiger partial charge in [-0.2, -0.15) is 0 Å². The van der Waals surface area contributed by atoms with Crippen molar-refractivity contribution in [2.24, 2.45) is 11.7 Å². The number of thioether (sulfide) groups is 1. The Labute approximate surface area is 247 Å². The van der Waals surface area contributed by atoms with Crippen LogP contribution in [0.1, 0.15) is 32.3 Å². The molecule has 2 heterocycles. The van der Waals surface area contributed by atoms with Crippen LogP contribution in [0.25, 0.3) is 11.3 Å². The smallest absolute Gasteiger partial charge is 0.241 e. The Bertz CT molecular complexity index is 1290. The van der Waals surface area contributed by atoms with Crippen LogP contribution in [0.15, 0.2) is 52.2 Å². The first-order chi connectivity index (χ1) is 18.7. The minimum absolute atomic E-state index is 0.0193. The summed E-state index contributed by atoms with van der Waals surface area (Å²) >= 11 is 15.1. The highest BCUT2D eigenvalue weighted by atomic mass is 35.5. The number of benzene rings is 2. The number of nitrogens with two attached hydrogens (primary N) is 1. The number of carbonyl (C=O) groups is 2. The van der Waals surface area contributed by atoms with Gasteiger partial charge in [0.1, 0.15) is 0 Å². The van der Waals surface area contributed by atoms with E-state index in [4.69, 9.17) is 28.9 Å². The summed E-state index contributed by atoms with van der Waals surface area (Å²) < 4.78 is 0.827. The third-order valence-corrected chi connectivity index (χ3v) is 9.36. The topological polar surface area (TPSA) is 100 Å². The van der Waals surface area contributed by atoms with E-state index in [1.54, 1.807) is 0 Å². The van der Waals surface area contributed by atoms with Crippen LogP contribution in [0.5, 0.6) is 0 Å². The molecule has 0 aliphatic carbocycles. The van der Waals surface area contributed by atoms with Gasteiger partial charge in [0.25, 0.3) is 0 Å². The number of likely N-dealkylation sites (tertiary alicyclic amines) is 1. The molecule has 1 aliphatic heterocycles. The summed E-state index contributed by atoms with van der Waals surface area (Å²) in [7, 11) is 0. The standard InChI is InChI=1S/C28H33Cl2N5O2S2/c1-17(2)26(31)27(37)33-21-5-3-4-19(13-21)24-15-38-28(34-24)39-16-25(36)32-20-8-10-35(11-9-20)14-18-6-7-22(29)23(30)12-18/h3-7,12-13,15,17,20,26H,8-11,14,16,31H2,1-2H3,(H,32,36)(H,33,37). The number of hydrogen-bond acceptors (Lipinski definition) is 7. The number of rotatable bonds is 10. The van der Waals surface area contributed by atoms with Gasteiger partial charge in [-0.3, -0.25) is 14.5 Å². The lowest BCUT2D eigenvalue weighted by molar-refractivity contribution is -0.119. The zero-order chi connectivity index (χ0) is 27.9. The Kier molecular flexibility index (Phi) is 10.7. The maximum atomic E-state index is 12.6. The third-order valence-electron chi connectivity index (χ3n) is 6.60. The molecule has 39 heavy (non-hydrogen) atoms.